The fraction of sp³-hybridized carbons (Fsp3) is 0.0714. The van der Waals surface area contributed by atoms with Crippen molar-refractivity contribution >= 4 is 27.6 Å². The summed E-state index contributed by atoms with van der Waals surface area (Å²) < 4.78 is 5.20. The Morgan fingerprint density at radius 1 is 1.25 bits per heavy atom. The zero-order valence-electron chi connectivity index (χ0n) is 10.5. The first-order valence-corrected chi connectivity index (χ1v) is 5.84. The highest BCUT2D eigenvalue weighted by Crippen LogP contribution is 2.22. The smallest absolute Gasteiger partial charge is 0.356 e. The third kappa shape index (κ3) is 1.62. The molecule has 0 bridgehead atoms. The highest BCUT2D eigenvalue weighted by molar-refractivity contribution is 6.07. The Hall–Kier alpha value is -2.89. The number of para-hydroxylation sites is 1. The number of methoxy groups -OCH3 is 1. The van der Waals surface area contributed by atoms with Gasteiger partial charge in [0, 0.05) is 17.0 Å². The second-order valence-corrected chi connectivity index (χ2v) is 4.24. The van der Waals surface area contributed by atoms with Gasteiger partial charge in [-0.15, -0.1) is 4.73 Å². The van der Waals surface area contributed by atoms with Gasteiger partial charge in [-0.3, -0.25) is 4.79 Å². The molecule has 0 radical (unpaired) electrons. The molecule has 1 aromatic carbocycles. The zero-order chi connectivity index (χ0) is 14.3. The molecule has 3 aromatic rings. The number of pyridine rings is 2. The molecule has 1 N–H and O–H groups in total. The van der Waals surface area contributed by atoms with Gasteiger partial charge in [0.05, 0.1) is 18.0 Å². The van der Waals surface area contributed by atoms with Gasteiger partial charge in [-0.05, 0) is 12.1 Å². The molecule has 0 saturated carbocycles. The fourth-order valence-corrected chi connectivity index (χ4v) is 2.17. The lowest BCUT2D eigenvalue weighted by atomic mass is 10.1. The molecule has 0 amide bonds. The quantitative estimate of drug-likeness (QED) is 0.412. The van der Waals surface area contributed by atoms with E-state index in [1.54, 1.807) is 24.3 Å². The molecule has 2 heterocycles. The van der Waals surface area contributed by atoms with Crippen LogP contribution >= 0.6 is 0 Å². The maximum Gasteiger partial charge on any atom is 0.356 e. The molecule has 0 aliphatic heterocycles. The standard InChI is InChI=1S/C14H10N2O4/c1-20-14(18)11-6-9-8-4-2-3-5-12(8)16(19)13(17)10(9)7-15-11/h2-7,19H,1H3. The lowest BCUT2D eigenvalue weighted by Gasteiger charge is -2.08. The molecular formula is C14H10N2O4. The molecule has 0 aliphatic carbocycles. The van der Waals surface area contributed by atoms with Gasteiger partial charge in [-0.25, -0.2) is 9.78 Å². The lowest BCUT2D eigenvalue weighted by Crippen LogP contribution is -2.19. The third-order valence-corrected chi connectivity index (χ3v) is 3.14. The number of carbonyl (C=O) groups is 1. The minimum atomic E-state index is -0.581. The minimum Gasteiger partial charge on any atom is -0.464 e. The monoisotopic (exact) mass is 270 g/mol. The Morgan fingerprint density at radius 3 is 2.75 bits per heavy atom. The second kappa shape index (κ2) is 4.34. The van der Waals surface area contributed by atoms with Gasteiger partial charge in [-0.1, -0.05) is 18.2 Å². The number of esters is 1. The highest BCUT2D eigenvalue weighted by Gasteiger charge is 2.14. The van der Waals surface area contributed by atoms with E-state index in [4.69, 9.17) is 0 Å². The van der Waals surface area contributed by atoms with Crippen molar-refractivity contribution < 1.29 is 14.7 Å². The second-order valence-electron chi connectivity index (χ2n) is 4.24. The SMILES string of the molecule is COC(=O)c1cc2c(cn1)c(=O)n(O)c1ccccc21. The Labute approximate surface area is 112 Å². The van der Waals surface area contributed by atoms with Crippen LogP contribution in [0.2, 0.25) is 0 Å². The Balaban J connectivity index is 2.51. The Bertz CT molecular complexity index is 899. The zero-order valence-corrected chi connectivity index (χ0v) is 10.5. The van der Waals surface area contributed by atoms with Crippen LogP contribution in [0.25, 0.3) is 21.7 Å². The first kappa shape index (κ1) is 12.2. The van der Waals surface area contributed by atoms with E-state index in [2.05, 4.69) is 9.72 Å². The highest BCUT2D eigenvalue weighted by atomic mass is 16.5. The van der Waals surface area contributed by atoms with Crippen molar-refractivity contribution in [2.75, 3.05) is 7.11 Å². The van der Waals surface area contributed by atoms with Gasteiger partial charge in [0.25, 0.3) is 5.56 Å². The first-order valence-electron chi connectivity index (χ1n) is 5.84. The van der Waals surface area contributed by atoms with E-state index in [1.165, 1.54) is 19.4 Å². The van der Waals surface area contributed by atoms with Crippen LogP contribution in [0, 0.1) is 0 Å². The van der Waals surface area contributed by atoms with Crippen LogP contribution in [-0.4, -0.2) is 28.0 Å². The predicted molar refractivity (Wildman–Crippen MR) is 72.0 cm³/mol. The number of benzene rings is 1. The van der Waals surface area contributed by atoms with Crippen LogP contribution < -0.4 is 5.56 Å². The topological polar surface area (TPSA) is 81.4 Å². The number of carbonyl (C=O) groups excluding carboxylic acids is 1. The number of ether oxygens (including phenoxy) is 1. The first-order chi connectivity index (χ1) is 9.63. The molecule has 0 saturated heterocycles. The van der Waals surface area contributed by atoms with E-state index in [1.807, 2.05) is 0 Å². The maximum atomic E-state index is 12.0. The van der Waals surface area contributed by atoms with Crippen LogP contribution in [-0.2, 0) is 4.74 Å². The molecule has 2 aromatic heterocycles. The van der Waals surface area contributed by atoms with E-state index in [9.17, 15) is 14.8 Å². The molecule has 0 atom stereocenters. The number of hydrogen-bond acceptors (Lipinski definition) is 5. The summed E-state index contributed by atoms with van der Waals surface area (Å²) in [5.74, 6) is -0.579. The minimum absolute atomic E-state index is 0.111. The number of aromatic nitrogens is 2. The number of hydrogen-bond donors (Lipinski definition) is 1. The Kier molecular flexibility index (Phi) is 2.64. The summed E-state index contributed by atoms with van der Waals surface area (Å²) in [5, 5.41) is 11.3. The summed E-state index contributed by atoms with van der Waals surface area (Å²) in [6.07, 6.45) is 1.27. The predicted octanol–water partition coefficient (Wildman–Crippen LogP) is 1.57. The average molecular weight is 270 g/mol. The van der Waals surface area contributed by atoms with Crippen LogP contribution in [0.5, 0.6) is 0 Å². The summed E-state index contributed by atoms with van der Waals surface area (Å²) in [6, 6.07) is 8.36. The molecule has 0 unspecified atom stereocenters. The van der Waals surface area contributed by atoms with Crippen LogP contribution in [0.3, 0.4) is 0 Å². The average Bonchev–Trinajstić information content (AvgIpc) is 2.51. The van der Waals surface area contributed by atoms with Crippen molar-refractivity contribution in [3.05, 3.63) is 52.6 Å². The number of nitrogens with zero attached hydrogens (tertiary/aromatic N) is 2. The molecule has 3 rings (SSSR count). The Morgan fingerprint density at radius 2 is 2.00 bits per heavy atom. The van der Waals surface area contributed by atoms with Gasteiger partial charge in [0.1, 0.15) is 5.69 Å². The van der Waals surface area contributed by atoms with E-state index in [0.717, 1.165) is 0 Å². The van der Waals surface area contributed by atoms with E-state index in [-0.39, 0.29) is 11.1 Å². The molecule has 100 valence electrons. The maximum absolute atomic E-state index is 12.0. The molecular weight excluding hydrogens is 260 g/mol. The number of fused-ring (bicyclic) bond motifs is 3. The summed E-state index contributed by atoms with van der Waals surface area (Å²) in [4.78, 5) is 27.5. The summed E-state index contributed by atoms with van der Waals surface area (Å²) in [7, 11) is 1.26. The summed E-state index contributed by atoms with van der Waals surface area (Å²) in [5.41, 5.74) is -0.102. The van der Waals surface area contributed by atoms with E-state index >= 15 is 0 Å². The largest absolute Gasteiger partial charge is 0.464 e. The third-order valence-electron chi connectivity index (χ3n) is 3.14. The molecule has 0 spiro atoms. The molecule has 0 aliphatic rings. The van der Waals surface area contributed by atoms with Crippen molar-refractivity contribution in [1.82, 2.24) is 9.71 Å². The van der Waals surface area contributed by atoms with Gasteiger partial charge in [0.2, 0.25) is 0 Å². The van der Waals surface area contributed by atoms with Crippen molar-refractivity contribution in [2.24, 2.45) is 0 Å². The normalized spacial score (nSPS) is 10.8. The van der Waals surface area contributed by atoms with E-state index < -0.39 is 11.5 Å². The van der Waals surface area contributed by atoms with Crippen molar-refractivity contribution in [3.63, 3.8) is 0 Å². The summed E-state index contributed by atoms with van der Waals surface area (Å²) in [6.45, 7) is 0. The van der Waals surface area contributed by atoms with Crippen LogP contribution in [0.4, 0.5) is 0 Å². The molecule has 0 fully saturated rings. The van der Waals surface area contributed by atoms with Gasteiger partial charge < -0.3 is 9.94 Å². The van der Waals surface area contributed by atoms with Crippen molar-refractivity contribution in [2.45, 2.75) is 0 Å². The van der Waals surface area contributed by atoms with E-state index in [0.29, 0.717) is 21.0 Å². The van der Waals surface area contributed by atoms with Crippen molar-refractivity contribution in [1.29, 1.82) is 0 Å². The summed E-state index contributed by atoms with van der Waals surface area (Å²) >= 11 is 0. The molecule has 6 heteroatoms. The number of rotatable bonds is 1. The van der Waals surface area contributed by atoms with Gasteiger partial charge >= 0.3 is 5.97 Å². The van der Waals surface area contributed by atoms with Crippen LogP contribution in [0.1, 0.15) is 10.5 Å². The van der Waals surface area contributed by atoms with Gasteiger partial charge in [-0.2, -0.15) is 0 Å². The molecule has 6 nitrogen and oxygen atoms in total. The fourth-order valence-electron chi connectivity index (χ4n) is 2.17. The van der Waals surface area contributed by atoms with Crippen LogP contribution in [0.15, 0.2) is 41.3 Å². The lowest BCUT2D eigenvalue weighted by molar-refractivity contribution is 0.0594. The van der Waals surface area contributed by atoms with Gasteiger partial charge in [0.15, 0.2) is 0 Å². The molecule has 20 heavy (non-hydrogen) atoms. The van der Waals surface area contributed by atoms with Crippen molar-refractivity contribution in [3.8, 4) is 0 Å².